The highest BCUT2D eigenvalue weighted by atomic mass is 16.3. The normalized spacial score (nSPS) is 17.0. The quantitative estimate of drug-likeness (QED) is 0.160. The van der Waals surface area contributed by atoms with Crippen molar-refractivity contribution in [2.24, 2.45) is 0 Å². The second-order valence-corrected chi connectivity index (χ2v) is 19.7. The highest BCUT2D eigenvalue weighted by Gasteiger charge is 2.53. The van der Waals surface area contributed by atoms with E-state index in [-0.39, 0.29) is 28.4 Å². The molecule has 0 saturated carbocycles. The number of para-hydroxylation sites is 1. The minimum absolute atomic E-state index is 0.0412. The third kappa shape index (κ3) is 4.13. The molecule has 0 aliphatic carbocycles. The molecule has 0 unspecified atom stereocenters. The molecule has 0 bridgehead atoms. The largest absolute Gasteiger partial charge is 0.468 e. The van der Waals surface area contributed by atoms with E-state index in [0.717, 1.165) is 11.2 Å². The standard InChI is InChI=1S/C49H51BN2O/c1-27(2)28-23-35-43-36(24-28)50-41-39(51(43)37-20-17-29(46(3,4)5)25-33(37)49(35,11)12)22-19-32-44(41)52(42-31-15-13-14-16-40(31)53-45(42)50)38-21-18-30(47(6,7)8)26-34(38)48(32,9)10/h13-27H,1-12H3. The van der Waals surface area contributed by atoms with Crippen LogP contribution >= 0.6 is 0 Å². The van der Waals surface area contributed by atoms with Gasteiger partial charge in [0.15, 0.2) is 0 Å². The Labute approximate surface area is 316 Å². The van der Waals surface area contributed by atoms with Gasteiger partial charge in [-0.25, -0.2) is 0 Å². The van der Waals surface area contributed by atoms with Crippen molar-refractivity contribution in [1.82, 2.24) is 0 Å². The van der Waals surface area contributed by atoms with Crippen molar-refractivity contribution >= 4 is 68.4 Å². The molecular formula is C49H51BN2O. The van der Waals surface area contributed by atoms with Crippen LogP contribution in [0.1, 0.15) is 128 Å². The summed E-state index contributed by atoms with van der Waals surface area (Å²) in [5.41, 5.74) is 21.7. The lowest BCUT2D eigenvalue weighted by atomic mass is 9.34. The maximum absolute atomic E-state index is 7.18. The highest BCUT2D eigenvalue weighted by molar-refractivity contribution is 7.00. The Kier molecular flexibility index (Phi) is 6.26. The van der Waals surface area contributed by atoms with Crippen molar-refractivity contribution in [3.8, 4) is 0 Å². The van der Waals surface area contributed by atoms with E-state index in [1.807, 2.05) is 0 Å². The first-order chi connectivity index (χ1) is 24.9. The van der Waals surface area contributed by atoms with Crippen LogP contribution in [0.2, 0.25) is 0 Å². The number of nitrogens with zero attached hydrogens (tertiary/aromatic N) is 2. The van der Waals surface area contributed by atoms with Gasteiger partial charge in [-0.3, -0.25) is 0 Å². The Morgan fingerprint density at radius 3 is 1.79 bits per heavy atom. The Morgan fingerprint density at radius 2 is 1.17 bits per heavy atom. The zero-order valence-corrected chi connectivity index (χ0v) is 33.5. The fraction of sp³-hybridized carbons (Fsp3) is 0.347. The topological polar surface area (TPSA) is 19.6 Å². The predicted octanol–water partition coefficient (Wildman–Crippen LogP) is 11.5. The van der Waals surface area contributed by atoms with Gasteiger partial charge in [0.25, 0.3) is 6.71 Å². The third-order valence-electron chi connectivity index (χ3n) is 13.3. The van der Waals surface area contributed by atoms with Crippen LogP contribution in [0, 0.1) is 0 Å². The smallest absolute Gasteiger partial charge is 0.297 e. The van der Waals surface area contributed by atoms with E-state index < -0.39 is 0 Å². The Hall–Kier alpha value is -4.70. The molecule has 0 fully saturated rings. The predicted molar refractivity (Wildman–Crippen MR) is 226 cm³/mol. The number of benzene rings is 5. The molecule has 0 N–H and O–H groups in total. The lowest BCUT2D eigenvalue weighted by Crippen LogP contribution is -2.63. The van der Waals surface area contributed by atoms with Gasteiger partial charge in [-0.05, 0) is 96.9 Å². The molecule has 0 saturated heterocycles. The maximum atomic E-state index is 7.18. The first-order valence-corrected chi connectivity index (χ1v) is 19.7. The molecule has 4 aliphatic rings. The SMILES string of the molecule is CC(C)c1cc2c3c(c1)C(C)(C)c1cc(C(C)(C)C)ccc1N3c1ccc3c4c1B2c1oc2ccccc2c1N4c1ccc(C(C)(C)C)cc1C3(C)C. The van der Waals surface area contributed by atoms with Crippen LogP contribution in [0.5, 0.6) is 0 Å². The third-order valence-corrected chi connectivity index (χ3v) is 13.3. The molecule has 4 aliphatic heterocycles. The average molecular weight is 695 g/mol. The number of hydrogen-bond donors (Lipinski definition) is 0. The molecule has 4 heteroatoms. The summed E-state index contributed by atoms with van der Waals surface area (Å²) in [6, 6.07) is 33.1. The number of anilines is 6. The van der Waals surface area contributed by atoms with E-state index in [1.165, 1.54) is 89.4 Å². The lowest BCUT2D eigenvalue weighted by Gasteiger charge is -2.52. The first kappa shape index (κ1) is 32.9. The molecule has 5 aromatic carbocycles. The van der Waals surface area contributed by atoms with Crippen molar-refractivity contribution in [3.63, 3.8) is 0 Å². The summed E-state index contributed by atoms with van der Waals surface area (Å²) in [6.45, 7) is 28.3. The molecule has 53 heavy (non-hydrogen) atoms. The molecule has 5 heterocycles. The molecule has 1 aromatic heterocycles. The van der Waals surface area contributed by atoms with E-state index in [4.69, 9.17) is 4.42 Å². The van der Waals surface area contributed by atoms with Gasteiger partial charge in [0, 0.05) is 33.3 Å². The van der Waals surface area contributed by atoms with Crippen LogP contribution in [0.15, 0.2) is 89.3 Å². The second-order valence-electron chi connectivity index (χ2n) is 19.7. The summed E-state index contributed by atoms with van der Waals surface area (Å²) in [6.07, 6.45) is 0. The molecule has 10 rings (SSSR count). The molecule has 0 radical (unpaired) electrons. The van der Waals surface area contributed by atoms with Crippen molar-refractivity contribution < 1.29 is 4.42 Å². The molecular weight excluding hydrogens is 643 g/mol. The lowest BCUT2D eigenvalue weighted by molar-refractivity contribution is 0.580. The van der Waals surface area contributed by atoms with Crippen LogP contribution in [0.3, 0.4) is 0 Å². The fourth-order valence-electron chi connectivity index (χ4n) is 10.1. The molecule has 0 atom stereocenters. The minimum atomic E-state index is -0.215. The molecule has 0 amide bonds. The monoisotopic (exact) mass is 694 g/mol. The van der Waals surface area contributed by atoms with Gasteiger partial charge in [0.05, 0.1) is 22.7 Å². The molecule has 6 aromatic rings. The second kappa shape index (κ2) is 10.1. The Balaban J connectivity index is 1.37. The van der Waals surface area contributed by atoms with E-state index in [2.05, 4.69) is 178 Å². The van der Waals surface area contributed by atoms with Gasteiger partial charge >= 0.3 is 0 Å². The Morgan fingerprint density at radius 1 is 0.585 bits per heavy atom. The van der Waals surface area contributed by atoms with Gasteiger partial charge in [0.1, 0.15) is 5.58 Å². The first-order valence-electron chi connectivity index (χ1n) is 19.7. The maximum Gasteiger partial charge on any atom is 0.297 e. The van der Waals surface area contributed by atoms with Gasteiger partial charge in [-0.2, -0.15) is 0 Å². The van der Waals surface area contributed by atoms with Gasteiger partial charge in [-0.15, -0.1) is 0 Å². The van der Waals surface area contributed by atoms with Crippen LogP contribution in [0.25, 0.3) is 11.0 Å². The van der Waals surface area contributed by atoms with Crippen molar-refractivity contribution in [1.29, 1.82) is 0 Å². The number of furan rings is 1. The summed E-state index contributed by atoms with van der Waals surface area (Å²) >= 11 is 0. The number of hydrogen-bond acceptors (Lipinski definition) is 3. The van der Waals surface area contributed by atoms with E-state index in [0.29, 0.717) is 5.92 Å². The van der Waals surface area contributed by atoms with E-state index in [1.54, 1.807) is 0 Å². The van der Waals surface area contributed by atoms with Crippen molar-refractivity contribution in [3.05, 3.63) is 124 Å². The zero-order chi connectivity index (χ0) is 37.3. The van der Waals surface area contributed by atoms with Crippen molar-refractivity contribution in [2.45, 2.75) is 111 Å². The molecule has 0 spiro atoms. The molecule has 266 valence electrons. The van der Waals surface area contributed by atoms with Crippen molar-refractivity contribution in [2.75, 3.05) is 9.80 Å². The van der Waals surface area contributed by atoms with E-state index >= 15 is 0 Å². The summed E-state index contributed by atoms with van der Waals surface area (Å²) < 4.78 is 7.18. The molecule has 3 nitrogen and oxygen atoms in total. The average Bonchev–Trinajstić information content (AvgIpc) is 3.48. The number of fused-ring (bicyclic) bond motifs is 11. The zero-order valence-electron chi connectivity index (χ0n) is 33.5. The summed E-state index contributed by atoms with van der Waals surface area (Å²) in [5, 5.41) is 1.17. The Bertz CT molecular complexity index is 2590. The highest BCUT2D eigenvalue weighted by Crippen LogP contribution is 2.59. The van der Waals surface area contributed by atoms with Crippen LogP contribution < -0.4 is 26.4 Å². The van der Waals surface area contributed by atoms with E-state index in [9.17, 15) is 0 Å². The number of rotatable bonds is 1. The summed E-state index contributed by atoms with van der Waals surface area (Å²) in [4.78, 5) is 5.22. The summed E-state index contributed by atoms with van der Waals surface area (Å²) in [7, 11) is 0. The van der Waals surface area contributed by atoms with Crippen LogP contribution in [-0.2, 0) is 21.7 Å². The van der Waals surface area contributed by atoms with Gasteiger partial charge in [-0.1, -0.05) is 138 Å². The summed E-state index contributed by atoms with van der Waals surface area (Å²) in [5.74, 6) is 0.382. The van der Waals surface area contributed by atoms with Gasteiger partial charge < -0.3 is 14.2 Å². The van der Waals surface area contributed by atoms with Crippen LogP contribution in [-0.4, -0.2) is 6.71 Å². The minimum Gasteiger partial charge on any atom is -0.468 e. The van der Waals surface area contributed by atoms with Crippen LogP contribution in [0.4, 0.5) is 34.1 Å². The fourth-order valence-corrected chi connectivity index (χ4v) is 10.1. The van der Waals surface area contributed by atoms with Gasteiger partial charge in [0.2, 0.25) is 0 Å².